The summed E-state index contributed by atoms with van der Waals surface area (Å²) in [4.78, 5) is 11.5. The number of hydrogen-bond donors (Lipinski definition) is 2. The summed E-state index contributed by atoms with van der Waals surface area (Å²) in [6.07, 6.45) is 1.41. The fourth-order valence-electron chi connectivity index (χ4n) is 1.56. The first kappa shape index (κ1) is 14.5. The number of benzene rings is 1. The lowest BCUT2D eigenvalue weighted by molar-refractivity contribution is -0.123. The molecule has 0 radical (unpaired) electrons. The third-order valence-electron chi connectivity index (χ3n) is 2.58. The van der Waals surface area contributed by atoms with Gasteiger partial charge in [0.1, 0.15) is 5.75 Å². The van der Waals surface area contributed by atoms with Crippen LogP contribution >= 0.6 is 0 Å². The summed E-state index contributed by atoms with van der Waals surface area (Å²) in [5, 5.41) is 12.3. The average molecular weight is 251 g/mol. The van der Waals surface area contributed by atoms with Gasteiger partial charge in [0.25, 0.3) is 5.91 Å². The molecule has 100 valence electrons. The SMILES string of the molecule is CCCCNC(=O)COc1ccccc1[C@@H](C)O. The zero-order chi connectivity index (χ0) is 13.4. The van der Waals surface area contributed by atoms with E-state index in [1.807, 2.05) is 12.1 Å². The maximum atomic E-state index is 11.5. The Morgan fingerprint density at radius 2 is 2.17 bits per heavy atom. The Labute approximate surface area is 108 Å². The molecular formula is C14H21NO3. The van der Waals surface area contributed by atoms with Crippen LogP contribution < -0.4 is 10.1 Å². The minimum Gasteiger partial charge on any atom is -0.483 e. The van der Waals surface area contributed by atoms with E-state index in [9.17, 15) is 9.90 Å². The molecule has 0 heterocycles. The number of para-hydroxylation sites is 1. The molecule has 0 fully saturated rings. The van der Waals surface area contributed by atoms with Crippen molar-refractivity contribution in [3.05, 3.63) is 29.8 Å². The standard InChI is InChI=1S/C14H21NO3/c1-3-4-9-15-14(17)10-18-13-8-6-5-7-12(13)11(2)16/h5-8,11,16H,3-4,9-10H2,1-2H3,(H,15,17)/t11-/m1/s1. The summed E-state index contributed by atoms with van der Waals surface area (Å²) >= 11 is 0. The molecule has 4 heteroatoms. The topological polar surface area (TPSA) is 58.6 Å². The van der Waals surface area contributed by atoms with Crippen LogP contribution in [-0.2, 0) is 4.79 Å². The van der Waals surface area contributed by atoms with Crippen LogP contribution in [0.5, 0.6) is 5.75 Å². The van der Waals surface area contributed by atoms with Gasteiger partial charge in [0, 0.05) is 12.1 Å². The van der Waals surface area contributed by atoms with Crippen molar-refractivity contribution in [2.45, 2.75) is 32.8 Å². The van der Waals surface area contributed by atoms with Crippen LogP contribution in [0.25, 0.3) is 0 Å². The van der Waals surface area contributed by atoms with Gasteiger partial charge in [-0.2, -0.15) is 0 Å². The summed E-state index contributed by atoms with van der Waals surface area (Å²) < 4.78 is 5.42. The van der Waals surface area contributed by atoms with Crippen LogP contribution in [0.1, 0.15) is 38.4 Å². The number of ether oxygens (including phenoxy) is 1. The van der Waals surface area contributed by atoms with Crippen molar-refractivity contribution < 1.29 is 14.6 Å². The molecule has 1 aromatic carbocycles. The van der Waals surface area contributed by atoms with Crippen molar-refractivity contribution in [1.82, 2.24) is 5.32 Å². The van der Waals surface area contributed by atoms with E-state index >= 15 is 0 Å². The molecule has 18 heavy (non-hydrogen) atoms. The molecule has 4 nitrogen and oxygen atoms in total. The predicted octanol–water partition coefficient (Wildman–Crippen LogP) is 2.04. The summed E-state index contributed by atoms with van der Waals surface area (Å²) in [6, 6.07) is 7.18. The second-order valence-corrected chi connectivity index (χ2v) is 4.21. The highest BCUT2D eigenvalue weighted by molar-refractivity contribution is 5.77. The van der Waals surface area contributed by atoms with Gasteiger partial charge in [-0.05, 0) is 19.4 Å². The number of amides is 1. The molecule has 0 spiro atoms. The van der Waals surface area contributed by atoms with E-state index < -0.39 is 6.10 Å². The molecule has 0 aliphatic rings. The van der Waals surface area contributed by atoms with E-state index in [0.717, 1.165) is 12.8 Å². The number of nitrogens with one attached hydrogen (secondary N) is 1. The van der Waals surface area contributed by atoms with Crippen LogP contribution in [-0.4, -0.2) is 24.2 Å². The van der Waals surface area contributed by atoms with Crippen LogP contribution in [0.2, 0.25) is 0 Å². The van der Waals surface area contributed by atoms with Gasteiger partial charge in [0.15, 0.2) is 6.61 Å². The fraction of sp³-hybridized carbons (Fsp3) is 0.500. The lowest BCUT2D eigenvalue weighted by Gasteiger charge is -2.13. The van der Waals surface area contributed by atoms with Crippen LogP contribution in [0, 0.1) is 0 Å². The molecular weight excluding hydrogens is 230 g/mol. The van der Waals surface area contributed by atoms with Crippen molar-refractivity contribution in [2.24, 2.45) is 0 Å². The highest BCUT2D eigenvalue weighted by Crippen LogP contribution is 2.24. The Morgan fingerprint density at radius 3 is 2.83 bits per heavy atom. The molecule has 0 aromatic heterocycles. The van der Waals surface area contributed by atoms with Gasteiger partial charge >= 0.3 is 0 Å². The van der Waals surface area contributed by atoms with Crippen molar-refractivity contribution in [3.63, 3.8) is 0 Å². The smallest absolute Gasteiger partial charge is 0.257 e. The lowest BCUT2D eigenvalue weighted by Crippen LogP contribution is -2.29. The summed E-state index contributed by atoms with van der Waals surface area (Å²) in [6.45, 7) is 4.40. The molecule has 0 bridgehead atoms. The molecule has 0 saturated heterocycles. The van der Waals surface area contributed by atoms with E-state index in [2.05, 4.69) is 12.2 Å². The van der Waals surface area contributed by atoms with Crippen molar-refractivity contribution in [1.29, 1.82) is 0 Å². The van der Waals surface area contributed by atoms with Gasteiger partial charge in [-0.3, -0.25) is 4.79 Å². The van der Waals surface area contributed by atoms with E-state index in [1.165, 1.54) is 0 Å². The van der Waals surface area contributed by atoms with E-state index in [-0.39, 0.29) is 12.5 Å². The maximum Gasteiger partial charge on any atom is 0.257 e. The zero-order valence-corrected chi connectivity index (χ0v) is 11.0. The van der Waals surface area contributed by atoms with Gasteiger partial charge in [-0.15, -0.1) is 0 Å². The molecule has 0 unspecified atom stereocenters. The van der Waals surface area contributed by atoms with E-state index in [4.69, 9.17) is 4.74 Å². The number of unbranched alkanes of at least 4 members (excludes halogenated alkanes) is 1. The number of hydrogen-bond acceptors (Lipinski definition) is 3. The van der Waals surface area contributed by atoms with Gasteiger partial charge in [0.05, 0.1) is 6.10 Å². The largest absolute Gasteiger partial charge is 0.483 e. The number of aliphatic hydroxyl groups is 1. The molecule has 0 aliphatic carbocycles. The van der Waals surface area contributed by atoms with Gasteiger partial charge in [-0.1, -0.05) is 31.5 Å². The average Bonchev–Trinajstić information content (AvgIpc) is 2.37. The van der Waals surface area contributed by atoms with Crippen molar-refractivity contribution in [3.8, 4) is 5.75 Å². The highest BCUT2D eigenvalue weighted by Gasteiger charge is 2.09. The first-order valence-corrected chi connectivity index (χ1v) is 6.31. The third-order valence-corrected chi connectivity index (χ3v) is 2.58. The normalized spacial score (nSPS) is 11.9. The molecule has 1 amide bonds. The zero-order valence-electron chi connectivity index (χ0n) is 11.0. The first-order chi connectivity index (χ1) is 8.65. The summed E-state index contributed by atoms with van der Waals surface area (Å²) in [5.74, 6) is 0.419. The molecule has 0 saturated carbocycles. The fourth-order valence-corrected chi connectivity index (χ4v) is 1.56. The Kier molecular flexibility index (Phi) is 6.22. The monoisotopic (exact) mass is 251 g/mol. The Balaban J connectivity index is 2.45. The minimum atomic E-state index is -0.607. The lowest BCUT2D eigenvalue weighted by atomic mass is 10.1. The Bertz CT molecular complexity index is 377. The number of carbonyl (C=O) groups is 1. The Morgan fingerprint density at radius 1 is 1.44 bits per heavy atom. The second kappa shape index (κ2) is 7.71. The first-order valence-electron chi connectivity index (χ1n) is 6.31. The summed E-state index contributed by atoms with van der Waals surface area (Å²) in [5.41, 5.74) is 0.693. The number of aliphatic hydroxyl groups excluding tert-OH is 1. The molecule has 0 aliphatic heterocycles. The maximum absolute atomic E-state index is 11.5. The molecule has 1 aromatic rings. The van der Waals surface area contributed by atoms with Gasteiger partial charge < -0.3 is 15.2 Å². The third kappa shape index (κ3) is 4.75. The van der Waals surface area contributed by atoms with Crippen LogP contribution in [0.4, 0.5) is 0 Å². The second-order valence-electron chi connectivity index (χ2n) is 4.21. The van der Waals surface area contributed by atoms with Crippen LogP contribution in [0.15, 0.2) is 24.3 Å². The Hall–Kier alpha value is -1.55. The summed E-state index contributed by atoms with van der Waals surface area (Å²) in [7, 11) is 0. The van der Waals surface area contributed by atoms with Gasteiger partial charge in [-0.25, -0.2) is 0 Å². The number of carbonyl (C=O) groups excluding carboxylic acids is 1. The highest BCUT2D eigenvalue weighted by atomic mass is 16.5. The van der Waals surface area contributed by atoms with Crippen LogP contribution in [0.3, 0.4) is 0 Å². The van der Waals surface area contributed by atoms with E-state index in [1.54, 1.807) is 19.1 Å². The van der Waals surface area contributed by atoms with E-state index in [0.29, 0.717) is 17.9 Å². The van der Waals surface area contributed by atoms with Gasteiger partial charge in [0.2, 0.25) is 0 Å². The minimum absolute atomic E-state index is 0.0204. The quantitative estimate of drug-likeness (QED) is 0.729. The number of rotatable bonds is 7. The van der Waals surface area contributed by atoms with Crippen molar-refractivity contribution >= 4 is 5.91 Å². The predicted molar refractivity (Wildman–Crippen MR) is 70.5 cm³/mol. The molecule has 1 rings (SSSR count). The van der Waals surface area contributed by atoms with Crippen molar-refractivity contribution in [2.75, 3.05) is 13.2 Å². The molecule has 1 atom stereocenters. The molecule has 2 N–H and O–H groups in total.